The Kier molecular flexibility index (Phi) is 5.32. The molecule has 0 bridgehead atoms. The van der Waals surface area contributed by atoms with Crippen molar-refractivity contribution in [3.8, 4) is 23.8 Å². The highest BCUT2D eigenvalue weighted by molar-refractivity contribution is 5.57. The van der Waals surface area contributed by atoms with Crippen LogP contribution < -0.4 is 10.1 Å². The number of rotatable bonds is 4. The molecule has 2 aromatic carbocycles. The fourth-order valence-electron chi connectivity index (χ4n) is 3.73. The topological polar surface area (TPSA) is 94.6 Å². The molecule has 1 aliphatic rings. The smallest absolute Gasteiger partial charge is 0.230 e. The van der Waals surface area contributed by atoms with Crippen molar-refractivity contribution in [2.75, 3.05) is 5.32 Å². The molecule has 0 unspecified atom stereocenters. The second kappa shape index (κ2) is 8.23. The SMILES string of the molecule is Cc1cc(C#N)cc(C)c1Oc1nc(Nc2ccc(C#N)cc2)nc2c1CCCC2. The first-order valence-corrected chi connectivity index (χ1v) is 9.93. The zero-order valence-corrected chi connectivity index (χ0v) is 17.0. The maximum Gasteiger partial charge on any atom is 0.230 e. The average molecular weight is 395 g/mol. The van der Waals surface area contributed by atoms with Crippen LogP contribution in [0.2, 0.25) is 0 Å². The lowest BCUT2D eigenvalue weighted by atomic mass is 9.97. The van der Waals surface area contributed by atoms with Crippen LogP contribution in [0.25, 0.3) is 0 Å². The van der Waals surface area contributed by atoms with Crippen LogP contribution in [0, 0.1) is 36.5 Å². The van der Waals surface area contributed by atoms with Gasteiger partial charge in [0.1, 0.15) is 5.75 Å². The van der Waals surface area contributed by atoms with Crippen molar-refractivity contribution in [1.82, 2.24) is 9.97 Å². The number of anilines is 2. The van der Waals surface area contributed by atoms with Gasteiger partial charge in [-0.15, -0.1) is 0 Å². The van der Waals surface area contributed by atoms with Gasteiger partial charge in [-0.05, 0) is 87.1 Å². The van der Waals surface area contributed by atoms with Crippen molar-refractivity contribution >= 4 is 11.6 Å². The van der Waals surface area contributed by atoms with Crippen molar-refractivity contribution in [3.63, 3.8) is 0 Å². The van der Waals surface area contributed by atoms with E-state index in [-0.39, 0.29) is 0 Å². The van der Waals surface area contributed by atoms with E-state index in [1.807, 2.05) is 38.1 Å². The van der Waals surface area contributed by atoms with Crippen LogP contribution in [0.1, 0.15) is 46.4 Å². The highest BCUT2D eigenvalue weighted by Gasteiger charge is 2.21. The molecule has 0 amide bonds. The fraction of sp³-hybridized carbons (Fsp3) is 0.250. The number of aryl methyl sites for hydroxylation is 3. The second-order valence-electron chi connectivity index (χ2n) is 7.45. The summed E-state index contributed by atoms with van der Waals surface area (Å²) in [5, 5.41) is 21.4. The van der Waals surface area contributed by atoms with Crippen molar-refractivity contribution in [2.45, 2.75) is 39.5 Å². The molecule has 0 saturated carbocycles. The molecular formula is C24H21N5O. The molecule has 1 heterocycles. The Balaban J connectivity index is 1.71. The first kappa shape index (κ1) is 19.4. The third-order valence-electron chi connectivity index (χ3n) is 5.20. The van der Waals surface area contributed by atoms with Gasteiger partial charge in [-0.25, -0.2) is 4.98 Å². The maximum absolute atomic E-state index is 9.20. The van der Waals surface area contributed by atoms with E-state index in [4.69, 9.17) is 15.0 Å². The number of hydrogen-bond donors (Lipinski definition) is 1. The second-order valence-corrected chi connectivity index (χ2v) is 7.45. The van der Waals surface area contributed by atoms with E-state index in [1.165, 1.54) is 0 Å². The molecule has 6 heteroatoms. The minimum atomic E-state index is 0.472. The summed E-state index contributed by atoms with van der Waals surface area (Å²) < 4.78 is 6.31. The molecule has 1 N–H and O–H groups in total. The number of nitriles is 2. The molecule has 0 aliphatic heterocycles. The van der Waals surface area contributed by atoms with Gasteiger partial charge in [0.05, 0.1) is 29.0 Å². The zero-order chi connectivity index (χ0) is 21.1. The Morgan fingerprint density at radius 3 is 2.23 bits per heavy atom. The van der Waals surface area contributed by atoms with E-state index < -0.39 is 0 Å². The molecule has 0 spiro atoms. The van der Waals surface area contributed by atoms with Crippen molar-refractivity contribution < 1.29 is 4.74 Å². The van der Waals surface area contributed by atoms with Crippen LogP contribution in [-0.2, 0) is 12.8 Å². The molecule has 1 aliphatic carbocycles. The van der Waals surface area contributed by atoms with Crippen LogP contribution in [-0.4, -0.2) is 9.97 Å². The fourth-order valence-corrected chi connectivity index (χ4v) is 3.73. The Hall–Kier alpha value is -3.90. The predicted molar refractivity (Wildman–Crippen MR) is 114 cm³/mol. The standard InChI is InChI=1S/C24H21N5O/c1-15-11-18(14-26)12-16(2)22(15)30-23-20-5-3-4-6-21(20)28-24(29-23)27-19-9-7-17(13-25)8-10-19/h7-12H,3-6H2,1-2H3,(H,27,28,29). The summed E-state index contributed by atoms with van der Waals surface area (Å²) in [6.07, 6.45) is 3.95. The Morgan fingerprint density at radius 2 is 1.57 bits per heavy atom. The minimum absolute atomic E-state index is 0.472. The lowest BCUT2D eigenvalue weighted by Gasteiger charge is -2.20. The third-order valence-corrected chi connectivity index (χ3v) is 5.20. The van der Waals surface area contributed by atoms with E-state index in [9.17, 15) is 5.26 Å². The lowest BCUT2D eigenvalue weighted by Crippen LogP contribution is -2.12. The third kappa shape index (κ3) is 3.94. The van der Waals surface area contributed by atoms with Crippen LogP contribution >= 0.6 is 0 Å². The number of nitrogens with zero attached hydrogens (tertiary/aromatic N) is 4. The molecule has 6 nitrogen and oxygen atoms in total. The monoisotopic (exact) mass is 395 g/mol. The Morgan fingerprint density at radius 1 is 0.900 bits per heavy atom. The summed E-state index contributed by atoms with van der Waals surface area (Å²) in [4.78, 5) is 9.38. The average Bonchev–Trinajstić information content (AvgIpc) is 2.76. The number of nitrogens with one attached hydrogen (secondary N) is 1. The van der Waals surface area contributed by atoms with Gasteiger partial charge in [-0.3, -0.25) is 0 Å². The molecule has 0 fully saturated rings. The van der Waals surface area contributed by atoms with E-state index in [1.54, 1.807) is 12.1 Å². The number of ether oxygens (including phenoxy) is 1. The normalized spacial score (nSPS) is 12.4. The van der Waals surface area contributed by atoms with Crippen LogP contribution in [0.15, 0.2) is 36.4 Å². The summed E-state index contributed by atoms with van der Waals surface area (Å²) in [6.45, 7) is 3.87. The highest BCUT2D eigenvalue weighted by atomic mass is 16.5. The maximum atomic E-state index is 9.20. The molecule has 0 radical (unpaired) electrons. The predicted octanol–water partition coefficient (Wildman–Crippen LogP) is 5.25. The first-order valence-electron chi connectivity index (χ1n) is 9.93. The Labute approximate surface area is 175 Å². The highest BCUT2D eigenvalue weighted by Crippen LogP contribution is 2.35. The zero-order valence-electron chi connectivity index (χ0n) is 17.0. The van der Waals surface area contributed by atoms with Crippen LogP contribution in [0.5, 0.6) is 11.6 Å². The molecule has 30 heavy (non-hydrogen) atoms. The summed E-state index contributed by atoms with van der Waals surface area (Å²) >= 11 is 0. The molecule has 1 aromatic heterocycles. The molecule has 3 aromatic rings. The molecule has 4 rings (SSSR count). The van der Waals surface area contributed by atoms with Crippen LogP contribution in [0.3, 0.4) is 0 Å². The summed E-state index contributed by atoms with van der Waals surface area (Å²) in [6, 6.07) is 15.1. The summed E-state index contributed by atoms with van der Waals surface area (Å²) in [5.74, 6) is 1.76. The number of fused-ring (bicyclic) bond motifs is 1. The summed E-state index contributed by atoms with van der Waals surface area (Å²) in [5.41, 5.74) is 5.88. The van der Waals surface area contributed by atoms with Gasteiger partial charge < -0.3 is 10.1 Å². The molecule has 0 saturated heterocycles. The lowest BCUT2D eigenvalue weighted by molar-refractivity contribution is 0.442. The van der Waals surface area contributed by atoms with E-state index in [0.29, 0.717) is 23.0 Å². The van der Waals surface area contributed by atoms with Gasteiger partial charge in [-0.1, -0.05) is 0 Å². The van der Waals surface area contributed by atoms with Gasteiger partial charge in [0.15, 0.2) is 0 Å². The van der Waals surface area contributed by atoms with Crippen molar-refractivity contribution in [1.29, 1.82) is 10.5 Å². The van der Waals surface area contributed by atoms with E-state index in [2.05, 4.69) is 22.4 Å². The van der Waals surface area contributed by atoms with E-state index in [0.717, 1.165) is 59.5 Å². The first-order chi connectivity index (χ1) is 14.6. The van der Waals surface area contributed by atoms with E-state index >= 15 is 0 Å². The molecule has 0 atom stereocenters. The quantitative estimate of drug-likeness (QED) is 0.648. The summed E-state index contributed by atoms with van der Waals surface area (Å²) in [7, 11) is 0. The minimum Gasteiger partial charge on any atom is -0.438 e. The van der Waals surface area contributed by atoms with Gasteiger partial charge in [0, 0.05) is 11.3 Å². The number of aromatic nitrogens is 2. The van der Waals surface area contributed by atoms with Gasteiger partial charge in [-0.2, -0.15) is 15.5 Å². The van der Waals surface area contributed by atoms with Crippen molar-refractivity contribution in [3.05, 3.63) is 69.9 Å². The largest absolute Gasteiger partial charge is 0.438 e. The van der Waals surface area contributed by atoms with Crippen molar-refractivity contribution in [2.24, 2.45) is 0 Å². The number of hydrogen-bond acceptors (Lipinski definition) is 6. The molecule has 148 valence electrons. The van der Waals surface area contributed by atoms with Gasteiger partial charge in [0.2, 0.25) is 11.8 Å². The van der Waals surface area contributed by atoms with Crippen LogP contribution in [0.4, 0.5) is 11.6 Å². The molecular weight excluding hydrogens is 374 g/mol. The Bertz CT molecular complexity index is 1160. The number of benzene rings is 2. The van der Waals surface area contributed by atoms with Gasteiger partial charge >= 0.3 is 0 Å². The van der Waals surface area contributed by atoms with Gasteiger partial charge in [0.25, 0.3) is 0 Å².